The smallest absolute Gasteiger partial charge is 0.426 e. The van der Waals surface area contributed by atoms with E-state index in [1.807, 2.05) is 22.6 Å². The molecule has 2 saturated carbocycles. The van der Waals surface area contributed by atoms with Crippen LogP contribution in [0.4, 0.5) is 26.3 Å². The summed E-state index contributed by atoms with van der Waals surface area (Å²) in [4.78, 5) is 11.9. The minimum atomic E-state index is -5.77. The molecule has 0 aromatic heterocycles. The van der Waals surface area contributed by atoms with Gasteiger partial charge in [0.15, 0.2) is 0 Å². The Balaban J connectivity index is 1.54. The van der Waals surface area contributed by atoms with Crippen LogP contribution in [-0.4, -0.2) is 52.1 Å². The van der Waals surface area contributed by atoms with Crippen molar-refractivity contribution in [1.82, 2.24) is 5.32 Å². The van der Waals surface area contributed by atoms with E-state index in [1.54, 1.807) is 0 Å². The highest BCUT2D eigenvalue weighted by atomic mass is 127. The Morgan fingerprint density at radius 3 is 2.04 bits per heavy atom. The third-order valence-electron chi connectivity index (χ3n) is 6.10. The molecule has 3 rings (SSSR count). The van der Waals surface area contributed by atoms with Crippen molar-refractivity contribution in [3.63, 3.8) is 0 Å². The minimum Gasteiger partial charge on any atom is -0.465 e. The lowest BCUT2D eigenvalue weighted by Crippen LogP contribution is -2.58. The summed E-state index contributed by atoms with van der Waals surface area (Å²) in [6.07, 6.45) is -11.8. The third kappa shape index (κ3) is 4.19. The first-order valence-corrected chi connectivity index (χ1v) is 9.98. The molecule has 2 bridgehead atoms. The summed E-state index contributed by atoms with van der Waals surface area (Å²) in [5, 5.41) is 12.4. The maximum absolute atomic E-state index is 12.9. The topological polar surface area (TPSA) is 68.5 Å². The first-order valence-electron chi connectivity index (χ1n) is 8.73. The molecule has 6 unspecified atom stereocenters. The fourth-order valence-corrected chi connectivity index (χ4v) is 5.14. The van der Waals surface area contributed by atoms with Gasteiger partial charge in [-0.2, -0.15) is 26.3 Å². The molecule has 0 spiro atoms. The van der Waals surface area contributed by atoms with Crippen molar-refractivity contribution in [3.05, 3.63) is 0 Å². The predicted molar refractivity (Wildman–Crippen MR) is 90.0 cm³/mol. The summed E-state index contributed by atoms with van der Waals surface area (Å²) in [5.41, 5.74) is -4.68. The fourth-order valence-electron chi connectivity index (χ4n) is 4.45. The molecule has 0 aromatic rings. The second-order valence-corrected chi connectivity index (χ2v) is 9.20. The number of alkyl halides is 7. The predicted octanol–water partition coefficient (Wildman–Crippen LogP) is 3.21. The zero-order chi connectivity index (χ0) is 20.2. The highest BCUT2D eigenvalue weighted by molar-refractivity contribution is 14.1. The van der Waals surface area contributed by atoms with E-state index in [1.165, 1.54) is 0 Å². The quantitative estimate of drug-likeness (QED) is 0.188. The van der Waals surface area contributed by atoms with Crippen molar-refractivity contribution in [1.29, 1.82) is 0 Å². The lowest BCUT2D eigenvalue weighted by molar-refractivity contribution is -0.373. The van der Waals surface area contributed by atoms with E-state index in [0.717, 1.165) is 6.54 Å². The van der Waals surface area contributed by atoms with Crippen molar-refractivity contribution in [2.24, 2.45) is 23.7 Å². The number of hydrogen-bond donors (Lipinski definition) is 2. The molecule has 11 heteroatoms. The van der Waals surface area contributed by atoms with E-state index in [4.69, 9.17) is 4.74 Å². The molecule has 0 radical (unpaired) electrons. The van der Waals surface area contributed by atoms with Crippen LogP contribution in [-0.2, 0) is 9.53 Å². The van der Waals surface area contributed by atoms with Crippen molar-refractivity contribution < 1.29 is 41.0 Å². The first-order chi connectivity index (χ1) is 12.3. The van der Waals surface area contributed by atoms with Crippen LogP contribution in [0.2, 0.25) is 0 Å². The molecule has 3 fully saturated rings. The van der Waals surface area contributed by atoms with Gasteiger partial charge in [0.05, 0.1) is 6.61 Å². The maximum Gasteiger partial charge on any atom is 0.426 e. The molecule has 27 heavy (non-hydrogen) atoms. The summed E-state index contributed by atoms with van der Waals surface area (Å²) in [6.45, 7) is 0.890. The Labute approximate surface area is 165 Å². The fraction of sp³-hybridized carbons (Fsp3) is 0.938. The number of nitrogens with one attached hydrogen (secondary N) is 1. The molecule has 1 saturated heterocycles. The van der Waals surface area contributed by atoms with E-state index >= 15 is 0 Å². The summed E-state index contributed by atoms with van der Waals surface area (Å²) in [5.74, 6) is -1.65. The van der Waals surface area contributed by atoms with Gasteiger partial charge in [0, 0.05) is 12.6 Å². The molecule has 2 aliphatic carbocycles. The number of hydrogen-bond acceptors (Lipinski definition) is 4. The van der Waals surface area contributed by atoms with Gasteiger partial charge in [0.2, 0.25) is 0 Å². The minimum absolute atomic E-state index is 0.0455. The molecular formula is C16H20F6INO3. The Kier molecular flexibility index (Phi) is 5.70. The monoisotopic (exact) mass is 515 g/mol. The third-order valence-corrected chi connectivity index (χ3v) is 7.48. The maximum atomic E-state index is 12.9. The van der Waals surface area contributed by atoms with E-state index in [0.29, 0.717) is 12.8 Å². The van der Waals surface area contributed by atoms with Crippen LogP contribution in [0.5, 0.6) is 0 Å². The van der Waals surface area contributed by atoms with Gasteiger partial charge in [-0.25, -0.2) is 0 Å². The van der Waals surface area contributed by atoms with Crippen molar-refractivity contribution in [3.8, 4) is 0 Å². The van der Waals surface area contributed by atoms with Gasteiger partial charge in [-0.15, -0.1) is 0 Å². The van der Waals surface area contributed by atoms with Crippen LogP contribution in [0.1, 0.15) is 25.7 Å². The van der Waals surface area contributed by atoms with Crippen LogP contribution >= 0.6 is 22.6 Å². The van der Waals surface area contributed by atoms with E-state index in [2.05, 4.69) is 5.32 Å². The van der Waals surface area contributed by atoms with E-state index in [-0.39, 0.29) is 46.7 Å². The number of ether oxygens (including phenoxy) is 1. The van der Waals surface area contributed by atoms with Gasteiger partial charge in [0.25, 0.3) is 5.60 Å². The molecule has 1 aliphatic heterocycles. The number of aliphatic hydroxyl groups is 1. The zero-order valence-electron chi connectivity index (χ0n) is 14.1. The summed E-state index contributed by atoms with van der Waals surface area (Å²) in [6, 6.07) is 0.102. The number of esters is 1. The Bertz CT molecular complexity index is 565. The van der Waals surface area contributed by atoms with Crippen LogP contribution < -0.4 is 5.32 Å². The highest BCUT2D eigenvalue weighted by Gasteiger charge is 2.71. The molecule has 6 atom stereocenters. The summed E-state index contributed by atoms with van der Waals surface area (Å²) >= 11 is 1.98. The van der Waals surface area contributed by atoms with Gasteiger partial charge in [-0.3, -0.25) is 4.79 Å². The number of carbonyl (C=O) groups is 1. The van der Waals surface area contributed by atoms with Crippen LogP contribution in [0.25, 0.3) is 0 Å². The van der Waals surface area contributed by atoms with Crippen LogP contribution in [0.15, 0.2) is 0 Å². The first kappa shape index (κ1) is 21.4. The van der Waals surface area contributed by atoms with Gasteiger partial charge in [0.1, 0.15) is 3.92 Å². The van der Waals surface area contributed by atoms with E-state index in [9.17, 15) is 36.2 Å². The number of carbonyl (C=O) groups excluding carboxylic acids is 1. The number of rotatable bonds is 6. The van der Waals surface area contributed by atoms with Gasteiger partial charge in [-0.1, -0.05) is 22.6 Å². The summed E-state index contributed by atoms with van der Waals surface area (Å²) in [7, 11) is 0. The molecule has 3 aliphatic rings. The summed E-state index contributed by atoms with van der Waals surface area (Å²) < 4.78 is 82.4. The second kappa shape index (κ2) is 7.19. The molecule has 1 heterocycles. The zero-order valence-corrected chi connectivity index (χ0v) is 16.3. The molecule has 4 nitrogen and oxygen atoms in total. The van der Waals surface area contributed by atoms with Crippen molar-refractivity contribution in [2.45, 2.75) is 53.6 Å². The molecule has 0 amide bonds. The van der Waals surface area contributed by atoms with Crippen LogP contribution in [0.3, 0.4) is 0 Å². The number of halogens is 7. The lowest BCUT2D eigenvalue weighted by Gasteiger charge is -2.37. The second-order valence-electron chi connectivity index (χ2n) is 7.85. The average molecular weight is 515 g/mol. The molecular weight excluding hydrogens is 495 g/mol. The Morgan fingerprint density at radius 1 is 1.07 bits per heavy atom. The van der Waals surface area contributed by atoms with E-state index < -0.39 is 30.3 Å². The van der Waals surface area contributed by atoms with Gasteiger partial charge >= 0.3 is 18.3 Å². The number of fused-ring (bicyclic) bond motifs is 2. The van der Waals surface area contributed by atoms with Gasteiger partial charge < -0.3 is 15.2 Å². The normalized spacial score (nSPS) is 34.6. The Hall–Kier alpha value is -0.300. The Morgan fingerprint density at radius 2 is 1.59 bits per heavy atom. The molecule has 156 valence electrons. The molecule has 0 aromatic carbocycles. The standard InChI is InChI=1S/C16H20F6INO3/c17-15(18,19)14(26,16(20,21)22)4-9-2-8-1-7(9)3-10(8)6-27-13(25)12(23)11-5-24-11/h7-12,24,26H,1-6H2. The van der Waals surface area contributed by atoms with Gasteiger partial charge in [-0.05, 0) is 49.4 Å². The van der Waals surface area contributed by atoms with Crippen LogP contribution in [0, 0.1) is 23.7 Å². The lowest BCUT2D eigenvalue weighted by atomic mass is 9.76. The van der Waals surface area contributed by atoms with Crippen molar-refractivity contribution >= 4 is 28.6 Å². The van der Waals surface area contributed by atoms with Crippen molar-refractivity contribution in [2.75, 3.05) is 13.2 Å². The average Bonchev–Trinajstić information content (AvgIpc) is 3.22. The largest absolute Gasteiger partial charge is 0.465 e. The SMILES string of the molecule is O=C(OCC1CC2CC1CC2CC(O)(C(F)(F)F)C(F)(F)F)C(I)C1CN1. The molecule has 2 N–H and O–H groups in total. The highest BCUT2D eigenvalue weighted by Crippen LogP contribution is 2.57.